The summed E-state index contributed by atoms with van der Waals surface area (Å²) in [5.74, 6) is -0.0967. The van der Waals surface area contributed by atoms with E-state index < -0.39 is 0 Å². The van der Waals surface area contributed by atoms with Gasteiger partial charge in [0, 0.05) is 11.1 Å². The Bertz CT molecular complexity index is 836. The second-order valence-corrected chi connectivity index (χ2v) is 4.82. The Morgan fingerprint density at radius 2 is 1.62 bits per heavy atom. The molecule has 1 aliphatic carbocycles. The number of benzene rings is 2. The number of hydrogen-bond donors (Lipinski definition) is 1. The number of aliphatic hydroxyl groups is 1. The lowest BCUT2D eigenvalue weighted by atomic mass is 10.0. The number of ketones is 1. The third-order valence-electron chi connectivity index (χ3n) is 3.51. The highest BCUT2D eigenvalue weighted by molar-refractivity contribution is 6.22. The molecule has 0 amide bonds. The average Bonchev–Trinajstić information content (AvgIpc) is 2.74. The van der Waals surface area contributed by atoms with Crippen molar-refractivity contribution in [3.63, 3.8) is 0 Å². The maximum absolute atomic E-state index is 12.4. The minimum absolute atomic E-state index is 0.0454. The van der Waals surface area contributed by atoms with Crippen LogP contribution < -0.4 is 0 Å². The molecule has 21 heavy (non-hydrogen) atoms. The van der Waals surface area contributed by atoms with Gasteiger partial charge < -0.3 is 5.11 Å². The number of fused-ring (bicyclic) bond motifs is 2. The van der Waals surface area contributed by atoms with Gasteiger partial charge in [0.2, 0.25) is 0 Å². The summed E-state index contributed by atoms with van der Waals surface area (Å²) in [6, 6.07) is 11.5. The smallest absolute Gasteiger partial charge is 0.197 e. The van der Waals surface area contributed by atoms with Gasteiger partial charge in [-0.2, -0.15) is 0 Å². The lowest BCUT2D eigenvalue weighted by Crippen LogP contribution is -1.96. The molecule has 102 valence electrons. The summed E-state index contributed by atoms with van der Waals surface area (Å²) in [5, 5.41) is 12.3. The maximum atomic E-state index is 12.4. The summed E-state index contributed by atoms with van der Waals surface area (Å²) in [6.45, 7) is 3.57. The molecule has 0 spiro atoms. The van der Waals surface area contributed by atoms with Crippen molar-refractivity contribution in [1.29, 1.82) is 0 Å². The highest BCUT2D eigenvalue weighted by Gasteiger charge is 2.28. The van der Waals surface area contributed by atoms with E-state index in [4.69, 9.17) is 0 Å². The molecule has 2 heteroatoms. The number of carbonyl (C=O) groups excluding carboxylic acids is 1. The van der Waals surface area contributed by atoms with Crippen LogP contribution in [-0.4, -0.2) is 10.9 Å². The van der Waals surface area contributed by atoms with E-state index in [0.717, 1.165) is 10.8 Å². The molecule has 0 unspecified atom stereocenters. The Labute approximate surface area is 123 Å². The van der Waals surface area contributed by atoms with Crippen molar-refractivity contribution < 1.29 is 9.90 Å². The molecule has 1 aliphatic rings. The van der Waals surface area contributed by atoms with Crippen LogP contribution in [-0.2, 0) is 0 Å². The molecule has 0 atom stereocenters. The maximum Gasteiger partial charge on any atom is 0.197 e. The van der Waals surface area contributed by atoms with Crippen LogP contribution in [0.4, 0.5) is 0 Å². The van der Waals surface area contributed by atoms with Crippen LogP contribution in [0, 0.1) is 0 Å². The predicted molar refractivity (Wildman–Crippen MR) is 86.3 cm³/mol. The molecule has 2 nitrogen and oxygen atoms in total. The number of rotatable bonds is 3. The molecule has 0 fully saturated rings. The molecule has 0 bridgehead atoms. The second kappa shape index (κ2) is 5.25. The molecule has 0 saturated carbocycles. The van der Waals surface area contributed by atoms with E-state index in [-0.39, 0.29) is 11.5 Å². The van der Waals surface area contributed by atoms with E-state index in [1.165, 1.54) is 0 Å². The normalized spacial score (nSPS) is 14.6. The van der Waals surface area contributed by atoms with Crippen molar-refractivity contribution in [2.75, 3.05) is 0 Å². The molecule has 2 aromatic rings. The summed E-state index contributed by atoms with van der Waals surface area (Å²) in [5.41, 5.74) is 1.48. The fourth-order valence-corrected chi connectivity index (χ4v) is 2.47. The van der Waals surface area contributed by atoms with Crippen LogP contribution in [0.2, 0.25) is 0 Å². The first-order valence-corrected chi connectivity index (χ1v) is 6.69. The van der Waals surface area contributed by atoms with E-state index in [1.54, 1.807) is 30.4 Å². The Morgan fingerprint density at radius 3 is 2.29 bits per heavy atom. The lowest BCUT2D eigenvalue weighted by molar-refractivity contribution is 0.104. The Kier molecular flexibility index (Phi) is 3.28. The SMILES string of the molecule is C=C/C=C/C=C/C1=C(O)c2cc3ccccc3cc2C1=O. The van der Waals surface area contributed by atoms with E-state index in [1.807, 2.05) is 36.4 Å². The van der Waals surface area contributed by atoms with Gasteiger partial charge in [-0.1, -0.05) is 55.1 Å². The van der Waals surface area contributed by atoms with Crippen molar-refractivity contribution in [3.05, 3.63) is 90.1 Å². The van der Waals surface area contributed by atoms with Crippen molar-refractivity contribution in [2.45, 2.75) is 0 Å². The van der Waals surface area contributed by atoms with E-state index >= 15 is 0 Å². The summed E-state index contributed by atoms with van der Waals surface area (Å²) < 4.78 is 0. The van der Waals surface area contributed by atoms with Gasteiger partial charge in [0.05, 0.1) is 5.57 Å². The molecule has 0 aliphatic heterocycles. The van der Waals surface area contributed by atoms with Gasteiger partial charge in [0.15, 0.2) is 5.78 Å². The quantitative estimate of drug-likeness (QED) is 0.830. The third kappa shape index (κ3) is 2.21. The van der Waals surface area contributed by atoms with Crippen molar-refractivity contribution in [3.8, 4) is 0 Å². The first-order chi connectivity index (χ1) is 10.2. The van der Waals surface area contributed by atoms with Crippen molar-refractivity contribution >= 4 is 22.3 Å². The van der Waals surface area contributed by atoms with E-state index in [0.29, 0.717) is 16.7 Å². The second-order valence-electron chi connectivity index (χ2n) is 4.82. The zero-order valence-electron chi connectivity index (χ0n) is 11.4. The minimum Gasteiger partial charge on any atom is -0.507 e. The molecule has 0 heterocycles. The van der Waals surface area contributed by atoms with Crippen molar-refractivity contribution in [1.82, 2.24) is 0 Å². The summed E-state index contributed by atoms with van der Waals surface area (Å²) >= 11 is 0. The zero-order chi connectivity index (χ0) is 14.8. The number of allylic oxidation sites excluding steroid dienone is 6. The largest absolute Gasteiger partial charge is 0.507 e. The van der Waals surface area contributed by atoms with Gasteiger partial charge in [0.25, 0.3) is 0 Å². The molecule has 0 saturated heterocycles. The van der Waals surface area contributed by atoms with Crippen LogP contribution in [0.15, 0.2) is 78.9 Å². The number of Topliss-reactive ketones (excluding diaryl/α,β-unsaturated/α-hetero) is 1. The van der Waals surface area contributed by atoms with Gasteiger partial charge in [-0.3, -0.25) is 4.79 Å². The van der Waals surface area contributed by atoms with Gasteiger partial charge in [-0.25, -0.2) is 0 Å². The summed E-state index contributed by atoms with van der Waals surface area (Å²) in [6.07, 6.45) is 8.52. The standard InChI is InChI=1S/C19H14O2/c1-2-3-4-5-10-15-18(20)16-11-13-8-6-7-9-14(13)12-17(16)19(15)21/h2-12,20H,1H2/b4-3+,10-5+. The molecule has 1 N–H and O–H groups in total. The van der Waals surface area contributed by atoms with Gasteiger partial charge in [0.1, 0.15) is 5.76 Å². The number of hydrogen-bond acceptors (Lipinski definition) is 2. The summed E-state index contributed by atoms with van der Waals surface area (Å²) in [7, 11) is 0. The molecular weight excluding hydrogens is 260 g/mol. The molecule has 0 radical (unpaired) electrons. The Morgan fingerprint density at radius 1 is 0.952 bits per heavy atom. The van der Waals surface area contributed by atoms with Crippen LogP contribution >= 0.6 is 0 Å². The number of carbonyl (C=O) groups is 1. The van der Waals surface area contributed by atoms with E-state index in [9.17, 15) is 9.90 Å². The lowest BCUT2D eigenvalue weighted by Gasteiger charge is -2.02. The first-order valence-electron chi connectivity index (χ1n) is 6.69. The number of aliphatic hydroxyl groups excluding tert-OH is 1. The van der Waals surface area contributed by atoms with E-state index in [2.05, 4.69) is 6.58 Å². The molecule has 3 rings (SSSR count). The Balaban J connectivity index is 2.09. The molecular formula is C19H14O2. The monoisotopic (exact) mass is 274 g/mol. The van der Waals surface area contributed by atoms with Crippen LogP contribution in [0.1, 0.15) is 15.9 Å². The van der Waals surface area contributed by atoms with Crippen molar-refractivity contribution in [2.24, 2.45) is 0 Å². The van der Waals surface area contributed by atoms with Gasteiger partial charge in [-0.05, 0) is 29.0 Å². The highest BCUT2D eigenvalue weighted by Crippen LogP contribution is 2.34. The first kappa shape index (κ1) is 13.1. The fourth-order valence-electron chi connectivity index (χ4n) is 2.47. The minimum atomic E-state index is -0.142. The zero-order valence-corrected chi connectivity index (χ0v) is 11.4. The molecule has 0 aromatic heterocycles. The third-order valence-corrected chi connectivity index (χ3v) is 3.51. The topological polar surface area (TPSA) is 37.3 Å². The predicted octanol–water partition coefficient (Wildman–Crippen LogP) is 4.60. The van der Waals surface area contributed by atoms with Crippen LogP contribution in [0.3, 0.4) is 0 Å². The van der Waals surface area contributed by atoms with Gasteiger partial charge >= 0.3 is 0 Å². The van der Waals surface area contributed by atoms with Gasteiger partial charge in [-0.15, -0.1) is 0 Å². The Hall–Kier alpha value is -2.87. The summed E-state index contributed by atoms with van der Waals surface area (Å²) in [4.78, 5) is 12.4. The molecule has 2 aromatic carbocycles. The average molecular weight is 274 g/mol. The van der Waals surface area contributed by atoms with Crippen LogP contribution in [0.5, 0.6) is 0 Å². The van der Waals surface area contributed by atoms with Crippen LogP contribution in [0.25, 0.3) is 16.5 Å². The highest BCUT2D eigenvalue weighted by atomic mass is 16.3. The fraction of sp³-hybridized carbons (Fsp3) is 0.